The molecule has 1 unspecified atom stereocenters. The molecular weight excluding hydrogens is 405 g/mol. The van der Waals surface area contributed by atoms with Gasteiger partial charge in [0.15, 0.2) is 5.82 Å². The summed E-state index contributed by atoms with van der Waals surface area (Å²) in [6.45, 7) is -0.443. The first-order chi connectivity index (χ1) is 14.1. The lowest BCUT2D eigenvalue weighted by atomic mass is 9.97. The van der Waals surface area contributed by atoms with Crippen molar-refractivity contribution in [2.75, 3.05) is 11.9 Å². The number of carbonyl (C=O) groups excluding carboxylic acids is 1. The van der Waals surface area contributed by atoms with Crippen LogP contribution in [0.25, 0.3) is 11.4 Å². The van der Waals surface area contributed by atoms with Crippen LogP contribution in [0.4, 0.5) is 23.7 Å². The van der Waals surface area contributed by atoms with Crippen LogP contribution < -0.4 is 10.6 Å². The molecule has 3 aromatic rings. The van der Waals surface area contributed by atoms with Gasteiger partial charge in [-0.15, -0.1) is 5.10 Å². The van der Waals surface area contributed by atoms with Gasteiger partial charge in [0.25, 0.3) is 0 Å². The second-order valence-electron chi connectivity index (χ2n) is 6.56. The molecule has 160 valence electrons. The summed E-state index contributed by atoms with van der Waals surface area (Å²) >= 11 is 0. The summed E-state index contributed by atoms with van der Waals surface area (Å²) in [6.07, 6.45) is -3.32. The van der Waals surface area contributed by atoms with Gasteiger partial charge in [-0.05, 0) is 22.6 Å². The zero-order valence-corrected chi connectivity index (χ0v) is 16.1. The van der Waals surface area contributed by atoms with Crippen molar-refractivity contribution in [1.29, 1.82) is 0 Å². The highest BCUT2D eigenvalue weighted by molar-refractivity contribution is 5.89. The molecule has 0 aliphatic rings. The summed E-state index contributed by atoms with van der Waals surface area (Å²) in [4.78, 5) is 15.7. The fourth-order valence-electron chi connectivity index (χ4n) is 2.89. The van der Waals surface area contributed by atoms with Crippen LogP contribution in [0.1, 0.15) is 12.2 Å². The molecule has 0 fully saturated rings. The van der Waals surface area contributed by atoms with E-state index in [0.29, 0.717) is 17.1 Å². The van der Waals surface area contributed by atoms with E-state index in [9.17, 15) is 23.1 Å². The SMILES string of the molecule is Cn1ccnc1C(O)(CCNC(=O)Nc1cccc(-c2nnnn2C)c1)C(F)(F)F. The number of hydrogen-bond donors (Lipinski definition) is 3. The predicted molar refractivity (Wildman–Crippen MR) is 99.0 cm³/mol. The number of carbonyl (C=O) groups is 1. The highest BCUT2D eigenvalue weighted by Gasteiger charge is 2.57. The Balaban J connectivity index is 1.63. The third-order valence-electron chi connectivity index (χ3n) is 4.43. The minimum absolute atomic E-state index is 0.392. The Kier molecular flexibility index (Phi) is 5.73. The lowest BCUT2D eigenvalue weighted by Gasteiger charge is -2.29. The van der Waals surface area contributed by atoms with Crippen LogP contribution in [-0.2, 0) is 19.7 Å². The number of nitrogens with zero attached hydrogens (tertiary/aromatic N) is 6. The van der Waals surface area contributed by atoms with Gasteiger partial charge in [-0.2, -0.15) is 13.2 Å². The van der Waals surface area contributed by atoms with Crippen LogP contribution in [0.15, 0.2) is 36.7 Å². The Morgan fingerprint density at radius 1 is 1.27 bits per heavy atom. The number of hydrogen-bond acceptors (Lipinski definition) is 6. The van der Waals surface area contributed by atoms with Crippen molar-refractivity contribution < 1.29 is 23.1 Å². The van der Waals surface area contributed by atoms with Gasteiger partial charge >= 0.3 is 12.2 Å². The quantitative estimate of drug-likeness (QED) is 0.552. The van der Waals surface area contributed by atoms with Crippen LogP contribution in [0.3, 0.4) is 0 Å². The van der Waals surface area contributed by atoms with E-state index in [1.807, 2.05) is 0 Å². The number of aryl methyl sites for hydroxylation is 2. The number of aliphatic hydroxyl groups is 1. The maximum absolute atomic E-state index is 13.5. The van der Waals surface area contributed by atoms with Crippen molar-refractivity contribution in [2.24, 2.45) is 14.1 Å². The minimum atomic E-state index is -4.97. The molecule has 30 heavy (non-hydrogen) atoms. The van der Waals surface area contributed by atoms with Crippen molar-refractivity contribution in [3.05, 3.63) is 42.5 Å². The van der Waals surface area contributed by atoms with Crippen molar-refractivity contribution in [3.63, 3.8) is 0 Å². The van der Waals surface area contributed by atoms with E-state index in [-0.39, 0.29) is 0 Å². The van der Waals surface area contributed by atoms with E-state index in [2.05, 4.69) is 31.1 Å². The summed E-state index contributed by atoms with van der Waals surface area (Å²) in [6, 6.07) is 5.90. The summed E-state index contributed by atoms with van der Waals surface area (Å²) in [5.74, 6) is -0.0773. The van der Waals surface area contributed by atoms with Gasteiger partial charge in [-0.25, -0.2) is 14.5 Å². The summed E-state index contributed by atoms with van der Waals surface area (Å²) in [5.41, 5.74) is -2.17. The number of anilines is 1. The van der Waals surface area contributed by atoms with Crippen LogP contribution in [0, 0.1) is 0 Å². The third kappa shape index (κ3) is 4.25. The molecule has 2 heterocycles. The molecule has 0 aliphatic heterocycles. The highest BCUT2D eigenvalue weighted by atomic mass is 19.4. The van der Waals surface area contributed by atoms with Gasteiger partial charge in [-0.1, -0.05) is 12.1 Å². The van der Waals surface area contributed by atoms with E-state index < -0.39 is 36.6 Å². The fraction of sp³-hybridized carbons (Fsp3) is 0.353. The monoisotopic (exact) mass is 424 g/mol. The number of amides is 2. The normalized spacial score (nSPS) is 13.7. The first kappa shape index (κ1) is 21.2. The number of imidazole rings is 1. The standard InChI is InChI=1S/C17H19F3N8O2/c1-27-9-8-21-14(27)16(30,17(18,19)20)6-7-22-15(29)23-12-5-3-4-11(10-12)13-24-25-26-28(13)2/h3-5,8-10,30H,6-7H2,1-2H3,(H2,22,23,29). The lowest BCUT2D eigenvalue weighted by Crippen LogP contribution is -2.47. The van der Waals surface area contributed by atoms with E-state index in [0.717, 1.165) is 10.8 Å². The average molecular weight is 424 g/mol. The smallest absolute Gasteiger partial charge is 0.374 e. The van der Waals surface area contributed by atoms with Crippen LogP contribution in [0.5, 0.6) is 0 Å². The molecule has 10 nitrogen and oxygen atoms in total. The number of nitrogens with one attached hydrogen (secondary N) is 2. The molecule has 0 saturated heterocycles. The Morgan fingerprint density at radius 3 is 2.63 bits per heavy atom. The second kappa shape index (κ2) is 8.10. The Hall–Kier alpha value is -3.48. The Morgan fingerprint density at radius 2 is 2.03 bits per heavy atom. The van der Waals surface area contributed by atoms with Gasteiger partial charge in [0.05, 0.1) is 0 Å². The molecular formula is C17H19F3N8O2. The second-order valence-corrected chi connectivity index (χ2v) is 6.56. The molecule has 0 saturated carbocycles. The summed E-state index contributed by atoms with van der Waals surface area (Å²) in [7, 11) is 3.00. The molecule has 3 N–H and O–H groups in total. The zero-order chi connectivity index (χ0) is 21.9. The van der Waals surface area contributed by atoms with E-state index in [1.165, 1.54) is 17.9 Å². The first-order valence-electron chi connectivity index (χ1n) is 8.76. The molecule has 3 rings (SSSR count). The van der Waals surface area contributed by atoms with E-state index >= 15 is 0 Å². The molecule has 2 aromatic heterocycles. The van der Waals surface area contributed by atoms with Gasteiger partial charge < -0.3 is 20.3 Å². The summed E-state index contributed by atoms with van der Waals surface area (Å²) < 4.78 is 43.0. The van der Waals surface area contributed by atoms with Crippen molar-refractivity contribution in [1.82, 2.24) is 35.1 Å². The highest BCUT2D eigenvalue weighted by Crippen LogP contribution is 2.40. The molecule has 0 bridgehead atoms. The van der Waals surface area contributed by atoms with Crippen molar-refractivity contribution in [3.8, 4) is 11.4 Å². The molecule has 0 spiro atoms. The van der Waals surface area contributed by atoms with Crippen LogP contribution >= 0.6 is 0 Å². The molecule has 1 atom stereocenters. The lowest BCUT2D eigenvalue weighted by molar-refractivity contribution is -0.272. The number of tetrazole rings is 1. The van der Waals surface area contributed by atoms with Gasteiger partial charge in [0.1, 0.15) is 5.82 Å². The minimum Gasteiger partial charge on any atom is -0.374 e. The molecule has 13 heteroatoms. The van der Waals surface area contributed by atoms with Crippen molar-refractivity contribution >= 4 is 11.7 Å². The molecule has 2 amide bonds. The number of rotatable bonds is 6. The summed E-state index contributed by atoms with van der Waals surface area (Å²) in [5, 5.41) is 26.2. The number of urea groups is 1. The number of alkyl halides is 3. The molecule has 1 aromatic carbocycles. The predicted octanol–water partition coefficient (Wildman–Crippen LogP) is 1.57. The third-order valence-corrected chi connectivity index (χ3v) is 4.43. The largest absolute Gasteiger partial charge is 0.424 e. The van der Waals surface area contributed by atoms with Gasteiger partial charge in [-0.3, -0.25) is 0 Å². The van der Waals surface area contributed by atoms with E-state index in [4.69, 9.17) is 0 Å². The maximum atomic E-state index is 13.5. The van der Waals surface area contributed by atoms with Gasteiger partial charge in [0.2, 0.25) is 5.60 Å². The van der Waals surface area contributed by atoms with Crippen LogP contribution in [-0.4, -0.2) is 53.6 Å². The van der Waals surface area contributed by atoms with Crippen molar-refractivity contribution in [2.45, 2.75) is 18.2 Å². The Bertz CT molecular complexity index is 1030. The first-order valence-corrected chi connectivity index (χ1v) is 8.76. The number of aromatic nitrogens is 6. The molecule has 0 aliphatic carbocycles. The van der Waals surface area contributed by atoms with Crippen LogP contribution in [0.2, 0.25) is 0 Å². The number of halogens is 3. The average Bonchev–Trinajstić information content (AvgIpc) is 3.29. The zero-order valence-electron chi connectivity index (χ0n) is 16.1. The Labute approximate surface area is 168 Å². The number of benzene rings is 1. The van der Waals surface area contributed by atoms with E-state index in [1.54, 1.807) is 31.3 Å². The van der Waals surface area contributed by atoms with Gasteiger partial charge in [0, 0.05) is 50.7 Å². The maximum Gasteiger partial charge on any atom is 0.424 e. The fourth-order valence-corrected chi connectivity index (χ4v) is 2.89. The molecule has 0 radical (unpaired) electrons. The topological polar surface area (TPSA) is 123 Å².